The summed E-state index contributed by atoms with van der Waals surface area (Å²) in [5, 5.41) is 2.51. The summed E-state index contributed by atoms with van der Waals surface area (Å²) in [7, 11) is 0. The van der Waals surface area contributed by atoms with E-state index in [1.54, 1.807) is 4.90 Å². The van der Waals surface area contributed by atoms with E-state index in [1.165, 1.54) is 0 Å². The number of halogens is 3. The van der Waals surface area contributed by atoms with E-state index in [-0.39, 0.29) is 12.3 Å². The van der Waals surface area contributed by atoms with Gasteiger partial charge < -0.3 is 10.2 Å². The minimum absolute atomic E-state index is 0.215. The summed E-state index contributed by atoms with van der Waals surface area (Å²) in [6.07, 6.45) is 3.03. The molecule has 0 spiro atoms. The third-order valence-electron chi connectivity index (χ3n) is 4.83. The number of carbonyl (C=O) groups excluding carboxylic acids is 2. The van der Waals surface area contributed by atoms with Gasteiger partial charge in [0.05, 0.1) is 5.56 Å². The van der Waals surface area contributed by atoms with Gasteiger partial charge >= 0.3 is 0 Å². The van der Waals surface area contributed by atoms with Gasteiger partial charge in [0.1, 0.15) is 6.04 Å². The lowest BCUT2D eigenvalue weighted by Gasteiger charge is -2.31. The van der Waals surface area contributed by atoms with Crippen LogP contribution in [-0.2, 0) is 11.2 Å². The molecule has 1 aliphatic heterocycles. The SMILES string of the molecule is O=C(N[C@@H](Cc1ccccc1)C(=O)N1CCCCC1)c1ccc(F)c(F)c1F. The van der Waals surface area contributed by atoms with Crippen LogP contribution in [-0.4, -0.2) is 35.8 Å². The van der Waals surface area contributed by atoms with E-state index in [0.717, 1.165) is 30.9 Å². The van der Waals surface area contributed by atoms with Crippen molar-refractivity contribution in [3.63, 3.8) is 0 Å². The van der Waals surface area contributed by atoms with Crippen LogP contribution in [0.4, 0.5) is 13.2 Å². The van der Waals surface area contributed by atoms with Crippen LogP contribution >= 0.6 is 0 Å². The van der Waals surface area contributed by atoms with Gasteiger partial charge in [0, 0.05) is 19.5 Å². The molecule has 7 heteroatoms. The van der Waals surface area contributed by atoms with Gasteiger partial charge in [0.15, 0.2) is 17.5 Å². The van der Waals surface area contributed by atoms with Crippen molar-refractivity contribution < 1.29 is 22.8 Å². The number of rotatable bonds is 5. The van der Waals surface area contributed by atoms with E-state index in [2.05, 4.69) is 5.32 Å². The summed E-state index contributed by atoms with van der Waals surface area (Å²) < 4.78 is 40.6. The number of nitrogens with zero attached hydrogens (tertiary/aromatic N) is 1. The van der Waals surface area contributed by atoms with E-state index < -0.39 is 35.0 Å². The molecule has 2 amide bonds. The normalized spacial score (nSPS) is 15.2. The van der Waals surface area contributed by atoms with Gasteiger partial charge in [0.25, 0.3) is 5.91 Å². The smallest absolute Gasteiger partial charge is 0.255 e. The molecule has 0 saturated carbocycles. The first-order chi connectivity index (χ1) is 13.5. The molecule has 0 aromatic heterocycles. The average molecular weight is 390 g/mol. The summed E-state index contributed by atoms with van der Waals surface area (Å²) >= 11 is 0. The summed E-state index contributed by atoms with van der Waals surface area (Å²) in [5.41, 5.74) is 0.187. The molecular weight excluding hydrogens is 369 g/mol. The third kappa shape index (κ3) is 4.52. The first-order valence-electron chi connectivity index (χ1n) is 9.24. The molecule has 0 bridgehead atoms. The fourth-order valence-corrected chi connectivity index (χ4v) is 3.32. The number of nitrogens with one attached hydrogen (secondary N) is 1. The van der Waals surface area contributed by atoms with Crippen LogP contribution in [0.25, 0.3) is 0 Å². The van der Waals surface area contributed by atoms with Crippen LogP contribution in [0.2, 0.25) is 0 Å². The van der Waals surface area contributed by atoms with E-state index in [9.17, 15) is 22.8 Å². The highest BCUT2D eigenvalue weighted by Gasteiger charge is 2.29. The summed E-state index contributed by atoms with van der Waals surface area (Å²) in [5.74, 6) is -5.88. The van der Waals surface area contributed by atoms with E-state index >= 15 is 0 Å². The van der Waals surface area contributed by atoms with Gasteiger partial charge in [-0.2, -0.15) is 0 Å². The maximum atomic E-state index is 14.0. The quantitative estimate of drug-likeness (QED) is 0.795. The number of hydrogen-bond donors (Lipinski definition) is 1. The first-order valence-corrected chi connectivity index (χ1v) is 9.24. The van der Waals surface area contributed by atoms with Crippen LogP contribution < -0.4 is 5.32 Å². The Hall–Kier alpha value is -2.83. The van der Waals surface area contributed by atoms with Gasteiger partial charge in [-0.3, -0.25) is 9.59 Å². The molecule has 4 nitrogen and oxygen atoms in total. The van der Waals surface area contributed by atoms with E-state index in [4.69, 9.17) is 0 Å². The summed E-state index contributed by atoms with van der Waals surface area (Å²) in [6.45, 7) is 1.19. The lowest BCUT2D eigenvalue weighted by molar-refractivity contribution is -0.134. The fourth-order valence-electron chi connectivity index (χ4n) is 3.32. The Balaban J connectivity index is 1.82. The Labute approximate surface area is 161 Å². The van der Waals surface area contributed by atoms with Crippen LogP contribution in [0, 0.1) is 17.5 Å². The molecule has 1 fully saturated rings. The highest BCUT2D eigenvalue weighted by molar-refractivity contribution is 5.97. The molecule has 2 aromatic carbocycles. The van der Waals surface area contributed by atoms with Crippen molar-refractivity contribution in [2.45, 2.75) is 31.7 Å². The summed E-state index contributed by atoms with van der Waals surface area (Å²) in [4.78, 5) is 27.1. The second-order valence-electron chi connectivity index (χ2n) is 6.82. The molecule has 3 rings (SSSR count). The number of likely N-dealkylation sites (tertiary alicyclic amines) is 1. The van der Waals surface area contributed by atoms with E-state index in [0.29, 0.717) is 19.2 Å². The molecule has 1 heterocycles. The number of benzene rings is 2. The second kappa shape index (κ2) is 8.91. The monoisotopic (exact) mass is 390 g/mol. The lowest BCUT2D eigenvalue weighted by atomic mass is 10.0. The molecule has 0 radical (unpaired) electrons. The second-order valence-corrected chi connectivity index (χ2v) is 6.82. The molecule has 1 N–H and O–H groups in total. The van der Waals surface area contributed by atoms with E-state index in [1.807, 2.05) is 30.3 Å². The molecule has 1 aliphatic rings. The predicted molar refractivity (Wildman–Crippen MR) is 98.1 cm³/mol. The van der Waals surface area contributed by atoms with Gasteiger partial charge in [-0.05, 0) is 37.0 Å². The predicted octanol–water partition coefficient (Wildman–Crippen LogP) is 3.46. The minimum atomic E-state index is -1.71. The molecule has 0 unspecified atom stereocenters. The van der Waals surface area contributed by atoms with Crippen molar-refractivity contribution in [2.24, 2.45) is 0 Å². The van der Waals surface area contributed by atoms with Gasteiger partial charge in [-0.1, -0.05) is 30.3 Å². The maximum absolute atomic E-state index is 14.0. The molecular formula is C21H21F3N2O2. The highest BCUT2D eigenvalue weighted by atomic mass is 19.2. The average Bonchev–Trinajstić information content (AvgIpc) is 2.72. The molecule has 0 aliphatic carbocycles. The maximum Gasteiger partial charge on any atom is 0.255 e. The standard InChI is InChI=1S/C21H21F3N2O2/c22-16-10-9-15(18(23)19(16)24)20(27)25-17(13-14-7-3-1-4-8-14)21(28)26-11-5-2-6-12-26/h1,3-4,7-10,17H,2,5-6,11-13H2,(H,25,27)/t17-/m0/s1. The van der Waals surface area contributed by atoms with Crippen LogP contribution in [0.1, 0.15) is 35.2 Å². The van der Waals surface area contributed by atoms with Crippen molar-refractivity contribution >= 4 is 11.8 Å². The molecule has 1 atom stereocenters. The summed E-state index contributed by atoms with van der Waals surface area (Å²) in [6, 6.07) is 9.73. The zero-order valence-electron chi connectivity index (χ0n) is 15.3. The number of amides is 2. The largest absolute Gasteiger partial charge is 0.341 e. The Kier molecular flexibility index (Phi) is 6.34. The van der Waals surface area contributed by atoms with Crippen molar-refractivity contribution in [3.8, 4) is 0 Å². The topological polar surface area (TPSA) is 49.4 Å². The number of hydrogen-bond acceptors (Lipinski definition) is 2. The first kappa shape index (κ1) is 19.9. The lowest BCUT2D eigenvalue weighted by Crippen LogP contribution is -2.51. The Bertz CT molecular complexity index is 852. The fraction of sp³-hybridized carbons (Fsp3) is 0.333. The van der Waals surface area contributed by atoms with Gasteiger partial charge in [0.2, 0.25) is 5.91 Å². The Morgan fingerprint density at radius 1 is 0.929 bits per heavy atom. The highest BCUT2D eigenvalue weighted by Crippen LogP contribution is 2.17. The molecule has 148 valence electrons. The number of piperidine rings is 1. The van der Waals surface area contributed by atoms with Crippen LogP contribution in [0.3, 0.4) is 0 Å². The van der Waals surface area contributed by atoms with Gasteiger partial charge in [-0.15, -0.1) is 0 Å². The molecule has 1 saturated heterocycles. The van der Waals surface area contributed by atoms with Crippen molar-refractivity contribution in [3.05, 3.63) is 71.0 Å². The van der Waals surface area contributed by atoms with Crippen molar-refractivity contribution in [1.82, 2.24) is 10.2 Å². The van der Waals surface area contributed by atoms with Crippen LogP contribution in [0.5, 0.6) is 0 Å². The number of carbonyl (C=O) groups is 2. The van der Waals surface area contributed by atoms with Gasteiger partial charge in [-0.25, -0.2) is 13.2 Å². The zero-order chi connectivity index (χ0) is 20.1. The minimum Gasteiger partial charge on any atom is -0.341 e. The van der Waals surface area contributed by atoms with Crippen molar-refractivity contribution in [2.75, 3.05) is 13.1 Å². The molecule has 2 aromatic rings. The zero-order valence-corrected chi connectivity index (χ0v) is 15.3. The Morgan fingerprint density at radius 2 is 1.61 bits per heavy atom. The third-order valence-corrected chi connectivity index (χ3v) is 4.83. The molecule has 28 heavy (non-hydrogen) atoms. The Morgan fingerprint density at radius 3 is 2.29 bits per heavy atom. The van der Waals surface area contributed by atoms with Crippen LogP contribution in [0.15, 0.2) is 42.5 Å². The van der Waals surface area contributed by atoms with Crippen molar-refractivity contribution in [1.29, 1.82) is 0 Å².